The fraction of sp³-hybridized carbons (Fsp3) is 0.280. The number of hydrogen-bond donors (Lipinski definition) is 1. The third kappa shape index (κ3) is 5.26. The van der Waals surface area contributed by atoms with Gasteiger partial charge < -0.3 is 20.3 Å². The molecule has 0 spiro atoms. The number of rotatable bonds is 6. The Morgan fingerprint density at radius 3 is 2.64 bits per heavy atom. The van der Waals surface area contributed by atoms with E-state index >= 15 is 0 Å². The summed E-state index contributed by atoms with van der Waals surface area (Å²) in [5.41, 5.74) is 8.96. The first-order valence-electron chi connectivity index (χ1n) is 10.7. The average molecular weight is 469 g/mol. The predicted molar refractivity (Wildman–Crippen MR) is 128 cm³/mol. The van der Waals surface area contributed by atoms with Crippen LogP contribution in [0.1, 0.15) is 22.3 Å². The molecular weight excluding hydrogens is 443 g/mol. The van der Waals surface area contributed by atoms with E-state index < -0.39 is 5.82 Å². The number of nitrogen functional groups attached to an aromatic ring is 1. The van der Waals surface area contributed by atoms with Crippen LogP contribution < -0.4 is 10.5 Å². The van der Waals surface area contributed by atoms with Crippen molar-refractivity contribution in [1.29, 1.82) is 0 Å². The maximum Gasteiger partial charge on any atom is 0.253 e. The van der Waals surface area contributed by atoms with E-state index in [0.29, 0.717) is 22.9 Å². The Balaban J connectivity index is 1.46. The van der Waals surface area contributed by atoms with Crippen LogP contribution in [0.3, 0.4) is 0 Å². The Morgan fingerprint density at radius 2 is 1.97 bits per heavy atom. The molecule has 33 heavy (non-hydrogen) atoms. The molecule has 2 heterocycles. The van der Waals surface area contributed by atoms with E-state index in [1.165, 1.54) is 12.1 Å². The Kier molecular flexibility index (Phi) is 6.81. The smallest absolute Gasteiger partial charge is 0.253 e. The summed E-state index contributed by atoms with van der Waals surface area (Å²) in [7, 11) is 4.08. The zero-order chi connectivity index (χ0) is 23.5. The van der Waals surface area contributed by atoms with Gasteiger partial charge >= 0.3 is 0 Å². The van der Waals surface area contributed by atoms with E-state index in [4.69, 9.17) is 22.1 Å². The van der Waals surface area contributed by atoms with Crippen molar-refractivity contribution in [3.8, 4) is 16.9 Å². The standard InChI is InChI=1S/C25H26ClFN4O2/c1-30(2)21-9-10-31(14-21)25(32)17-5-3-16(4-6-17)19-11-23(24(28)29-13-19)33-15-18-7-8-20(27)12-22(18)26/h3-8,11-13,21H,9-10,14-15H2,1-2H3,(H2,28,29). The lowest BCUT2D eigenvalue weighted by Gasteiger charge is -2.20. The molecule has 1 aliphatic heterocycles. The second-order valence-corrected chi connectivity index (χ2v) is 8.77. The molecule has 0 aliphatic carbocycles. The highest BCUT2D eigenvalue weighted by Crippen LogP contribution is 2.29. The summed E-state index contributed by atoms with van der Waals surface area (Å²) in [5.74, 6) is 0.283. The van der Waals surface area contributed by atoms with E-state index in [0.717, 1.165) is 30.6 Å². The topological polar surface area (TPSA) is 71.7 Å². The summed E-state index contributed by atoms with van der Waals surface area (Å²) in [6.07, 6.45) is 2.64. The lowest BCUT2D eigenvalue weighted by atomic mass is 10.0. The number of hydrogen-bond acceptors (Lipinski definition) is 5. The zero-order valence-electron chi connectivity index (χ0n) is 18.6. The molecule has 1 amide bonds. The van der Waals surface area contributed by atoms with Gasteiger partial charge in [0.15, 0.2) is 11.6 Å². The molecule has 1 aliphatic rings. The minimum atomic E-state index is -0.406. The second-order valence-electron chi connectivity index (χ2n) is 8.37. The first-order chi connectivity index (χ1) is 15.8. The van der Waals surface area contributed by atoms with Gasteiger partial charge in [0.25, 0.3) is 5.91 Å². The molecule has 3 aromatic rings. The van der Waals surface area contributed by atoms with Gasteiger partial charge in [-0.2, -0.15) is 0 Å². The highest BCUT2D eigenvalue weighted by Gasteiger charge is 2.28. The van der Waals surface area contributed by atoms with Crippen molar-refractivity contribution in [2.24, 2.45) is 0 Å². The fourth-order valence-corrected chi connectivity index (χ4v) is 4.08. The van der Waals surface area contributed by atoms with Gasteiger partial charge in [-0.25, -0.2) is 9.37 Å². The van der Waals surface area contributed by atoms with Crippen LogP contribution in [-0.4, -0.2) is 53.9 Å². The molecule has 1 aromatic heterocycles. The van der Waals surface area contributed by atoms with Gasteiger partial charge in [-0.15, -0.1) is 0 Å². The van der Waals surface area contributed by atoms with Crippen molar-refractivity contribution < 1.29 is 13.9 Å². The molecule has 6 nitrogen and oxygen atoms in total. The Morgan fingerprint density at radius 1 is 1.21 bits per heavy atom. The van der Waals surface area contributed by atoms with E-state index in [2.05, 4.69) is 9.88 Å². The van der Waals surface area contributed by atoms with Gasteiger partial charge in [0.2, 0.25) is 0 Å². The molecule has 1 atom stereocenters. The number of aromatic nitrogens is 1. The van der Waals surface area contributed by atoms with Crippen molar-refractivity contribution in [2.45, 2.75) is 19.1 Å². The van der Waals surface area contributed by atoms with Crippen molar-refractivity contribution in [2.75, 3.05) is 32.9 Å². The molecule has 1 unspecified atom stereocenters. The molecule has 2 aromatic carbocycles. The number of halogens is 2. The number of carbonyl (C=O) groups excluding carboxylic acids is 1. The number of pyridine rings is 1. The Hall–Kier alpha value is -3.16. The van der Waals surface area contributed by atoms with Crippen LogP contribution in [0.5, 0.6) is 5.75 Å². The molecular formula is C25H26ClFN4O2. The normalized spacial score (nSPS) is 15.8. The third-order valence-electron chi connectivity index (χ3n) is 5.93. The number of nitrogens with zero attached hydrogens (tertiary/aromatic N) is 3. The van der Waals surface area contributed by atoms with Gasteiger partial charge in [0.05, 0.1) is 5.02 Å². The lowest BCUT2D eigenvalue weighted by Crippen LogP contribution is -2.34. The lowest BCUT2D eigenvalue weighted by molar-refractivity contribution is 0.0783. The number of likely N-dealkylation sites (N-methyl/N-ethyl adjacent to an activating group) is 1. The minimum Gasteiger partial charge on any atom is -0.485 e. The van der Waals surface area contributed by atoms with E-state index in [1.54, 1.807) is 18.3 Å². The number of anilines is 1. The maximum atomic E-state index is 13.2. The summed E-state index contributed by atoms with van der Waals surface area (Å²) in [6, 6.07) is 13.8. The van der Waals surface area contributed by atoms with Crippen LogP contribution in [0.25, 0.3) is 11.1 Å². The molecule has 172 valence electrons. The number of amides is 1. The van der Waals surface area contributed by atoms with Crippen LogP contribution in [-0.2, 0) is 6.61 Å². The quantitative estimate of drug-likeness (QED) is 0.577. The number of ether oxygens (including phenoxy) is 1. The molecule has 2 N–H and O–H groups in total. The second kappa shape index (κ2) is 9.77. The van der Waals surface area contributed by atoms with Gasteiger partial charge in [0, 0.05) is 42.0 Å². The average Bonchev–Trinajstić information content (AvgIpc) is 3.30. The van der Waals surface area contributed by atoms with Gasteiger partial charge in [-0.05, 0) is 56.4 Å². The van der Waals surface area contributed by atoms with Crippen LogP contribution in [0, 0.1) is 5.82 Å². The largest absolute Gasteiger partial charge is 0.485 e. The monoisotopic (exact) mass is 468 g/mol. The molecule has 1 saturated heterocycles. The number of benzene rings is 2. The molecule has 4 rings (SSSR count). The maximum absolute atomic E-state index is 13.2. The molecule has 0 radical (unpaired) electrons. The first kappa shape index (κ1) is 23.0. The highest BCUT2D eigenvalue weighted by atomic mass is 35.5. The summed E-state index contributed by atoms with van der Waals surface area (Å²) >= 11 is 6.07. The first-order valence-corrected chi connectivity index (χ1v) is 11.1. The van der Waals surface area contributed by atoms with Crippen molar-refractivity contribution in [3.63, 3.8) is 0 Å². The number of likely N-dealkylation sites (tertiary alicyclic amines) is 1. The third-order valence-corrected chi connectivity index (χ3v) is 6.28. The van der Waals surface area contributed by atoms with Crippen molar-refractivity contribution >= 4 is 23.3 Å². The van der Waals surface area contributed by atoms with Gasteiger partial charge in [-0.1, -0.05) is 29.8 Å². The highest BCUT2D eigenvalue weighted by molar-refractivity contribution is 6.31. The molecule has 1 fully saturated rings. The fourth-order valence-electron chi connectivity index (χ4n) is 3.86. The minimum absolute atomic E-state index is 0.0431. The van der Waals surface area contributed by atoms with Gasteiger partial charge in [0.1, 0.15) is 12.4 Å². The number of carbonyl (C=O) groups is 1. The summed E-state index contributed by atoms with van der Waals surface area (Å²) < 4.78 is 19.1. The van der Waals surface area contributed by atoms with Crippen LogP contribution in [0.15, 0.2) is 54.7 Å². The van der Waals surface area contributed by atoms with E-state index in [9.17, 15) is 9.18 Å². The van der Waals surface area contributed by atoms with Crippen molar-refractivity contribution in [1.82, 2.24) is 14.8 Å². The zero-order valence-corrected chi connectivity index (χ0v) is 19.3. The summed E-state index contributed by atoms with van der Waals surface area (Å²) in [5, 5.41) is 0.285. The molecule has 8 heteroatoms. The molecule has 0 bridgehead atoms. The predicted octanol–water partition coefficient (Wildman–Crippen LogP) is 4.48. The van der Waals surface area contributed by atoms with Crippen LogP contribution >= 0.6 is 11.6 Å². The van der Waals surface area contributed by atoms with Crippen molar-refractivity contribution in [3.05, 3.63) is 76.7 Å². The summed E-state index contributed by atoms with van der Waals surface area (Å²) in [4.78, 5) is 21.1. The Labute approximate surface area is 197 Å². The van der Waals surface area contributed by atoms with E-state index in [-0.39, 0.29) is 23.4 Å². The summed E-state index contributed by atoms with van der Waals surface area (Å²) in [6.45, 7) is 1.64. The van der Waals surface area contributed by atoms with Crippen LogP contribution in [0.2, 0.25) is 5.02 Å². The molecule has 0 saturated carbocycles. The number of nitrogens with two attached hydrogens (primary N) is 1. The van der Waals surface area contributed by atoms with E-state index in [1.807, 2.05) is 43.3 Å². The Bertz CT molecular complexity index is 1150. The van der Waals surface area contributed by atoms with Crippen LogP contribution in [0.4, 0.5) is 10.2 Å². The SMILES string of the molecule is CN(C)C1CCN(C(=O)c2ccc(-c3cnc(N)c(OCc4ccc(F)cc4Cl)c3)cc2)C1. The van der Waals surface area contributed by atoms with Gasteiger partial charge in [-0.3, -0.25) is 4.79 Å².